The second-order valence-electron chi connectivity index (χ2n) is 8.34. The number of alkyl halides is 3. The molecule has 3 rings (SSSR count). The largest absolute Gasteiger partial charge is 0.481 e. The number of hydrogen-bond acceptors (Lipinski definition) is 6. The van der Waals surface area contributed by atoms with Crippen LogP contribution in [0.4, 0.5) is 13.2 Å². The molecule has 14 heteroatoms. The predicted molar refractivity (Wildman–Crippen MR) is 128 cm³/mol. The predicted octanol–water partition coefficient (Wildman–Crippen LogP) is 2.32. The molecule has 0 aliphatic carbocycles. The van der Waals surface area contributed by atoms with Gasteiger partial charge in [0.2, 0.25) is 5.91 Å². The number of aliphatic carboxylic acids is 1. The van der Waals surface area contributed by atoms with E-state index in [1.807, 2.05) is 0 Å². The van der Waals surface area contributed by atoms with Crippen molar-refractivity contribution in [1.82, 2.24) is 19.4 Å². The Morgan fingerprint density at radius 1 is 1.13 bits per heavy atom. The smallest absolute Gasteiger partial charge is 0.418 e. The zero-order chi connectivity index (χ0) is 28.0. The van der Waals surface area contributed by atoms with E-state index in [1.165, 1.54) is 25.4 Å². The van der Waals surface area contributed by atoms with Gasteiger partial charge in [-0.25, -0.2) is 0 Å². The topological polar surface area (TPSA) is 152 Å². The lowest BCUT2D eigenvalue weighted by Crippen LogP contribution is -2.38. The molecule has 1 amide bonds. The first-order valence-electron chi connectivity index (χ1n) is 11.6. The van der Waals surface area contributed by atoms with Crippen LogP contribution in [0.2, 0.25) is 0 Å². The molecule has 3 aromatic rings. The minimum absolute atomic E-state index is 0.00317. The Bertz CT molecular complexity index is 1470. The summed E-state index contributed by atoms with van der Waals surface area (Å²) in [6, 6.07) is 3.22. The fourth-order valence-corrected chi connectivity index (χ4v) is 3.79. The zero-order valence-corrected chi connectivity index (χ0v) is 20.3. The molecule has 204 valence electrons. The second-order valence-corrected chi connectivity index (χ2v) is 8.34. The number of benzene rings is 1. The van der Waals surface area contributed by atoms with Gasteiger partial charge < -0.3 is 24.7 Å². The van der Waals surface area contributed by atoms with Crippen molar-refractivity contribution in [1.29, 1.82) is 0 Å². The third-order valence-electron chi connectivity index (χ3n) is 5.56. The van der Waals surface area contributed by atoms with Crippen molar-refractivity contribution in [2.75, 3.05) is 6.61 Å². The van der Waals surface area contributed by atoms with Crippen molar-refractivity contribution in [3.05, 3.63) is 62.4 Å². The maximum Gasteiger partial charge on any atom is 0.418 e. The van der Waals surface area contributed by atoms with Gasteiger partial charge in [0.15, 0.2) is 0 Å². The number of H-pyrrole nitrogens is 1. The maximum atomic E-state index is 14.0. The Morgan fingerprint density at radius 3 is 2.50 bits per heavy atom. The normalized spacial score (nSPS) is 11.5. The summed E-state index contributed by atoms with van der Waals surface area (Å²) in [5.41, 5.74) is -3.73. The number of carboxylic acid groups (broad SMARTS) is 1. The van der Waals surface area contributed by atoms with E-state index in [0.717, 1.165) is 15.2 Å². The van der Waals surface area contributed by atoms with Gasteiger partial charge >= 0.3 is 29.2 Å². The monoisotopic (exact) mass is 538 g/mol. The van der Waals surface area contributed by atoms with Gasteiger partial charge in [0, 0.05) is 31.8 Å². The molecular formula is C24H25F3N4O7. The molecule has 0 aliphatic heterocycles. The lowest BCUT2D eigenvalue weighted by molar-refractivity contribution is -0.144. The van der Waals surface area contributed by atoms with E-state index in [2.05, 4.69) is 10.3 Å². The third kappa shape index (κ3) is 6.89. The summed E-state index contributed by atoms with van der Waals surface area (Å²) >= 11 is 0. The zero-order valence-electron chi connectivity index (χ0n) is 20.3. The summed E-state index contributed by atoms with van der Waals surface area (Å²) in [6.07, 6.45) is -1.37. The molecule has 11 nitrogen and oxygen atoms in total. The number of esters is 1. The van der Waals surface area contributed by atoms with Crippen molar-refractivity contribution < 1.29 is 37.4 Å². The number of ether oxygens (including phenoxy) is 1. The number of fused-ring (bicyclic) bond motifs is 1. The average Bonchev–Trinajstić information content (AvgIpc) is 3.31. The first-order valence-corrected chi connectivity index (χ1v) is 11.6. The highest BCUT2D eigenvalue weighted by Gasteiger charge is 2.35. The summed E-state index contributed by atoms with van der Waals surface area (Å²) in [4.78, 5) is 61.2. The van der Waals surface area contributed by atoms with E-state index in [0.29, 0.717) is 24.5 Å². The number of carbonyl (C=O) groups is 3. The lowest BCUT2D eigenvalue weighted by atomic mass is 10.1. The van der Waals surface area contributed by atoms with Crippen LogP contribution in [-0.4, -0.2) is 43.7 Å². The first kappa shape index (κ1) is 28.2. The average molecular weight is 538 g/mol. The molecule has 0 spiro atoms. The summed E-state index contributed by atoms with van der Waals surface area (Å²) in [6.45, 7) is 0.882. The molecule has 2 aromatic heterocycles. The van der Waals surface area contributed by atoms with Crippen LogP contribution in [0.25, 0.3) is 16.7 Å². The van der Waals surface area contributed by atoms with E-state index in [9.17, 15) is 37.1 Å². The summed E-state index contributed by atoms with van der Waals surface area (Å²) < 4.78 is 48.6. The molecule has 2 heterocycles. The van der Waals surface area contributed by atoms with Gasteiger partial charge in [-0.05, 0) is 43.5 Å². The SMILES string of the molecule is CCOC(=O)Cn1c(=O)c(=O)[nH]c2cc(C(F)(F)F)c(-n3ccc(CNC(=O)CCCCC(=O)O)c3)cc21. The molecule has 0 radical (unpaired) electrons. The van der Waals surface area contributed by atoms with Gasteiger partial charge in [0.25, 0.3) is 0 Å². The molecule has 0 saturated heterocycles. The number of nitrogens with one attached hydrogen (secondary N) is 2. The van der Waals surface area contributed by atoms with E-state index in [1.54, 1.807) is 0 Å². The van der Waals surface area contributed by atoms with Crippen LogP contribution < -0.4 is 16.4 Å². The quantitative estimate of drug-likeness (QED) is 0.192. The van der Waals surface area contributed by atoms with Crippen molar-refractivity contribution in [2.24, 2.45) is 0 Å². The van der Waals surface area contributed by atoms with Gasteiger partial charge in [-0.1, -0.05) is 0 Å². The van der Waals surface area contributed by atoms with Crippen molar-refractivity contribution >= 4 is 28.9 Å². The number of aromatic nitrogens is 3. The molecule has 0 fully saturated rings. The molecule has 0 aliphatic rings. The van der Waals surface area contributed by atoms with Crippen LogP contribution in [0.3, 0.4) is 0 Å². The maximum absolute atomic E-state index is 14.0. The molecule has 0 unspecified atom stereocenters. The van der Waals surface area contributed by atoms with E-state index >= 15 is 0 Å². The number of aromatic amines is 1. The molecular weight excluding hydrogens is 513 g/mol. The molecule has 0 bridgehead atoms. The second kappa shape index (κ2) is 11.8. The van der Waals surface area contributed by atoms with Crippen LogP contribution in [0, 0.1) is 0 Å². The van der Waals surface area contributed by atoms with Crippen LogP contribution in [0.5, 0.6) is 0 Å². The molecule has 3 N–H and O–H groups in total. The highest BCUT2D eigenvalue weighted by atomic mass is 19.4. The van der Waals surface area contributed by atoms with E-state index in [4.69, 9.17) is 9.84 Å². The lowest BCUT2D eigenvalue weighted by Gasteiger charge is -2.17. The standard InChI is InChI=1S/C24H25F3N4O7/c1-2-38-21(35)13-31-18-10-17(15(24(25,26)27)9-16(18)29-22(36)23(31)37)30-8-7-14(12-30)11-28-19(32)5-3-4-6-20(33)34/h7-10,12H,2-6,11,13H2,1H3,(H,28,32)(H,29,36)(H,33,34). The van der Waals surface area contributed by atoms with Crippen LogP contribution in [0.1, 0.15) is 43.7 Å². The Balaban J connectivity index is 1.94. The van der Waals surface area contributed by atoms with Gasteiger partial charge in [0.05, 0.1) is 28.9 Å². The number of amides is 1. The summed E-state index contributed by atoms with van der Waals surface area (Å²) in [7, 11) is 0. The minimum atomic E-state index is -4.84. The van der Waals surface area contributed by atoms with Gasteiger partial charge in [-0.2, -0.15) is 13.2 Å². The van der Waals surface area contributed by atoms with E-state index in [-0.39, 0.29) is 48.6 Å². The van der Waals surface area contributed by atoms with Crippen molar-refractivity contribution in [2.45, 2.75) is 51.9 Å². The summed E-state index contributed by atoms with van der Waals surface area (Å²) in [5.74, 6) is -2.13. The first-order chi connectivity index (χ1) is 17.9. The van der Waals surface area contributed by atoms with Crippen LogP contribution in [0.15, 0.2) is 40.2 Å². The molecule has 1 aromatic carbocycles. The molecule has 38 heavy (non-hydrogen) atoms. The Morgan fingerprint density at radius 2 is 1.84 bits per heavy atom. The summed E-state index contributed by atoms with van der Waals surface area (Å²) in [5, 5.41) is 11.3. The molecule has 0 saturated carbocycles. The highest BCUT2D eigenvalue weighted by molar-refractivity contribution is 5.81. The Hall–Kier alpha value is -4.36. The van der Waals surface area contributed by atoms with E-state index < -0.39 is 41.3 Å². The van der Waals surface area contributed by atoms with Gasteiger partial charge in [-0.3, -0.25) is 28.5 Å². The Labute approximate surface area is 212 Å². The minimum Gasteiger partial charge on any atom is -0.481 e. The molecule has 0 atom stereocenters. The number of rotatable bonds is 11. The number of halogens is 3. The van der Waals surface area contributed by atoms with Gasteiger partial charge in [0.1, 0.15) is 6.54 Å². The number of carbonyl (C=O) groups excluding carboxylic acids is 2. The number of carboxylic acids is 1. The number of hydrogen-bond donors (Lipinski definition) is 3. The fourth-order valence-electron chi connectivity index (χ4n) is 3.79. The van der Waals surface area contributed by atoms with Crippen LogP contribution in [-0.2, 0) is 38.4 Å². The third-order valence-corrected chi connectivity index (χ3v) is 5.56. The number of nitrogens with zero attached hydrogens (tertiary/aromatic N) is 2. The van der Waals surface area contributed by atoms with Crippen molar-refractivity contribution in [3.63, 3.8) is 0 Å². The highest BCUT2D eigenvalue weighted by Crippen LogP contribution is 2.36. The van der Waals surface area contributed by atoms with Crippen molar-refractivity contribution in [3.8, 4) is 5.69 Å². The number of unbranched alkanes of at least 4 members (excludes halogenated alkanes) is 1. The van der Waals surface area contributed by atoms with Crippen LogP contribution >= 0.6 is 0 Å². The Kier molecular flexibility index (Phi) is 8.76. The van der Waals surface area contributed by atoms with Gasteiger partial charge in [-0.15, -0.1) is 0 Å². The fraction of sp³-hybridized carbons (Fsp3) is 0.375.